The largest absolute Gasteiger partial charge is 0.463 e. The Labute approximate surface area is 303 Å². The lowest BCUT2D eigenvalue weighted by atomic mass is 9.88. The van der Waals surface area contributed by atoms with Crippen molar-refractivity contribution in [2.75, 3.05) is 13.2 Å². The van der Waals surface area contributed by atoms with Crippen LogP contribution in [0.4, 0.5) is 0 Å². The average molecular weight is 726 g/mol. The van der Waals surface area contributed by atoms with Gasteiger partial charge in [0.15, 0.2) is 27.2 Å². The van der Waals surface area contributed by atoms with Crippen molar-refractivity contribution in [1.82, 2.24) is 0 Å². The number of esters is 1. The van der Waals surface area contributed by atoms with Gasteiger partial charge in [-0.1, -0.05) is 107 Å². The predicted octanol–water partition coefficient (Wildman–Crippen LogP) is 7.69. The number of benzene rings is 2. The van der Waals surface area contributed by atoms with E-state index in [9.17, 15) is 10.3 Å². The SMILES string of the molecule is CC(=O)OCC1O[C@@H](O[Si](C)(C)C(C)(C)C(C)C)C(N=[N+]=[N-])[C@@H](C)[C@@H]1O[C@@H]1OC2COC(c3ccccc3)O[C@H]2C(OCc2ccccc2)[C@@H]1C. The Balaban J connectivity index is 1.41. The molecule has 0 radical (unpaired) electrons. The molecule has 11 atom stereocenters. The zero-order chi connectivity index (χ0) is 36.9. The van der Waals surface area contributed by atoms with Crippen LogP contribution in [0.5, 0.6) is 0 Å². The van der Waals surface area contributed by atoms with Gasteiger partial charge in [-0.3, -0.25) is 4.79 Å². The quantitative estimate of drug-likeness (QED) is 0.0668. The van der Waals surface area contributed by atoms with Crippen LogP contribution in [0.15, 0.2) is 65.8 Å². The first-order chi connectivity index (χ1) is 24.2. The van der Waals surface area contributed by atoms with E-state index in [1.807, 2.05) is 74.5 Å². The van der Waals surface area contributed by atoms with Gasteiger partial charge >= 0.3 is 5.97 Å². The van der Waals surface area contributed by atoms with E-state index in [-0.39, 0.29) is 24.2 Å². The molecule has 5 unspecified atom stereocenters. The van der Waals surface area contributed by atoms with Gasteiger partial charge in [-0.25, -0.2) is 0 Å². The van der Waals surface area contributed by atoms with E-state index >= 15 is 0 Å². The van der Waals surface area contributed by atoms with Crippen LogP contribution in [0.2, 0.25) is 18.1 Å². The topological polar surface area (TPSA) is 140 Å². The summed E-state index contributed by atoms with van der Waals surface area (Å²) in [6.45, 7) is 18.9. The van der Waals surface area contributed by atoms with Gasteiger partial charge in [0.05, 0.1) is 31.5 Å². The number of azide groups is 1. The molecule has 0 saturated carbocycles. The fraction of sp³-hybridized carbons (Fsp3) is 0.658. The summed E-state index contributed by atoms with van der Waals surface area (Å²) in [6.07, 6.45) is -4.99. The van der Waals surface area contributed by atoms with Gasteiger partial charge in [-0.05, 0) is 41.1 Å². The molecule has 0 aliphatic carbocycles. The molecule has 0 amide bonds. The first-order valence-electron chi connectivity index (χ1n) is 18.0. The van der Waals surface area contributed by atoms with Crippen LogP contribution in [0, 0.1) is 17.8 Å². The minimum atomic E-state index is -2.45. The molecule has 2 aromatic rings. The van der Waals surface area contributed by atoms with Crippen LogP contribution in [0.1, 0.15) is 65.9 Å². The highest BCUT2D eigenvalue weighted by Gasteiger charge is 2.54. The van der Waals surface area contributed by atoms with Gasteiger partial charge in [0, 0.05) is 23.3 Å². The number of rotatable bonds is 13. The number of ether oxygens (including phenoxy) is 7. The summed E-state index contributed by atoms with van der Waals surface area (Å²) in [5.74, 6) is -0.811. The fourth-order valence-electron chi connectivity index (χ4n) is 6.92. The molecule has 13 heteroatoms. The van der Waals surface area contributed by atoms with Crippen molar-refractivity contribution >= 4 is 14.3 Å². The first-order valence-corrected chi connectivity index (χ1v) is 20.9. The van der Waals surface area contributed by atoms with Crippen molar-refractivity contribution in [2.45, 2.75) is 129 Å². The Kier molecular flexibility index (Phi) is 13.0. The molecule has 2 aromatic carbocycles. The van der Waals surface area contributed by atoms with Crippen molar-refractivity contribution in [3.05, 3.63) is 82.2 Å². The summed E-state index contributed by atoms with van der Waals surface area (Å²) >= 11 is 0. The second-order valence-corrected chi connectivity index (χ2v) is 19.9. The molecule has 51 heavy (non-hydrogen) atoms. The molecule has 0 aromatic heterocycles. The van der Waals surface area contributed by atoms with E-state index in [2.05, 4.69) is 50.8 Å². The highest BCUT2D eigenvalue weighted by Crippen LogP contribution is 2.47. The first kappa shape index (κ1) is 39.4. The highest BCUT2D eigenvalue weighted by molar-refractivity contribution is 6.74. The Morgan fingerprint density at radius 1 is 0.980 bits per heavy atom. The number of carbonyl (C=O) groups excluding carboxylic acids is 1. The number of nitrogens with zero attached hydrogens (tertiary/aromatic N) is 3. The van der Waals surface area contributed by atoms with Crippen molar-refractivity contribution in [1.29, 1.82) is 0 Å². The molecule has 0 bridgehead atoms. The van der Waals surface area contributed by atoms with E-state index in [1.54, 1.807) is 0 Å². The van der Waals surface area contributed by atoms with Gasteiger partial charge in [0.2, 0.25) is 0 Å². The maximum absolute atomic E-state index is 12.0. The lowest BCUT2D eigenvalue weighted by Gasteiger charge is -2.52. The minimum Gasteiger partial charge on any atom is -0.463 e. The van der Waals surface area contributed by atoms with Gasteiger partial charge in [-0.15, -0.1) is 0 Å². The second kappa shape index (κ2) is 16.9. The van der Waals surface area contributed by atoms with Crippen LogP contribution in [-0.2, 0) is 49.0 Å². The molecule has 3 saturated heterocycles. The molecule has 0 N–H and O–H groups in total. The molecule has 3 fully saturated rings. The maximum atomic E-state index is 12.0. The Bertz CT molecular complexity index is 1480. The lowest BCUT2D eigenvalue weighted by molar-refractivity contribution is -0.372. The summed E-state index contributed by atoms with van der Waals surface area (Å²) in [7, 11) is -2.45. The van der Waals surface area contributed by atoms with Crippen molar-refractivity contribution in [2.24, 2.45) is 22.9 Å². The van der Waals surface area contributed by atoms with Crippen molar-refractivity contribution < 1.29 is 42.4 Å². The van der Waals surface area contributed by atoms with Crippen LogP contribution in [0.25, 0.3) is 10.4 Å². The van der Waals surface area contributed by atoms with Crippen molar-refractivity contribution in [3.63, 3.8) is 0 Å². The normalized spacial score (nSPS) is 32.9. The summed E-state index contributed by atoms with van der Waals surface area (Å²) in [6, 6.07) is 19.1. The number of hydrogen-bond acceptors (Lipinski definition) is 10. The Morgan fingerprint density at radius 2 is 1.65 bits per heavy atom. The monoisotopic (exact) mass is 725 g/mol. The van der Waals surface area contributed by atoms with Crippen LogP contribution >= 0.6 is 0 Å². The second-order valence-electron chi connectivity index (χ2n) is 15.3. The molecular weight excluding hydrogens is 671 g/mol. The smallest absolute Gasteiger partial charge is 0.302 e. The van der Waals surface area contributed by atoms with E-state index in [0.29, 0.717) is 12.5 Å². The van der Waals surface area contributed by atoms with E-state index in [0.717, 1.165) is 11.1 Å². The average Bonchev–Trinajstić information content (AvgIpc) is 3.10. The van der Waals surface area contributed by atoms with Gasteiger partial charge in [0.25, 0.3) is 0 Å². The third kappa shape index (κ3) is 9.04. The Hall–Kier alpha value is -2.84. The van der Waals surface area contributed by atoms with E-state index in [4.69, 9.17) is 37.6 Å². The van der Waals surface area contributed by atoms with Gasteiger partial charge < -0.3 is 37.6 Å². The minimum absolute atomic E-state index is 0.0746. The zero-order valence-electron chi connectivity index (χ0n) is 31.3. The molecule has 280 valence electrons. The van der Waals surface area contributed by atoms with E-state index in [1.165, 1.54) is 6.92 Å². The zero-order valence-corrected chi connectivity index (χ0v) is 32.3. The Morgan fingerprint density at radius 3 is 2.27 bits per heavy atom. The standard InChI is InChI=1S/C38H55N3O9Si/c1-23(2)38(6,7)51(8,9)50-37-31(40-41-39)24(3)32(29(47-37)21-43-26(5)42)48-35-25(4)33(44-20-27-16-12-10-13-17-27)34-30(46-35)22-45-36(49-34)28-18-14-11-15-19-28/h10-19,23-25,29-37H,20-22H2,1-9H3/t24-,25+,29?,30?,31?,32+,33?,34-,35+,36?,37+/m1/s1. The number of fused-ring (bicyclic) bond motifs is 1. The molecule has 0 spiro atoms. The summed E-state index contributed by atoms with van der Waals surface area (Å²) in [4.78, 5) is 15.2. The van der Waals surface area contributed by atoms with Crippen molar-refractivity contribution in [3.8, 4) is 0 Å². The number of hydrogen-bond donors (Lipinski definition) is 0. The van der Waals surface area contributed by atoms with Gasteiger partial charge in [0.1, 0.15) is 24.9 Å². The summed E-state index contributed by atoms with van der Waals surface area (Å²) in [5.41, 5.74) is 11.6. The molecule has 3 aliphatic rings. The molecule has 3 aliphatic heterocycles. The predicted molar refractivity (Wildman–Crippen MR) is 193 cm³/mol. The van der Waals surface area contributed by atoms with Crippen LogP contribution in [0.3, 0.4) is 0 Å². The van der Waals surface area contributed by atoms with Crippen LogP contribution < -0.4 is 0 Å². The lowest BCUT2D eigenvalue weighted by Crippen LogP contribution is -2.63. The maximum Gasteiger partial charge on any atom is 0.302 e. The summed E-state index contributed by atoms with van der Waals surface area (Å²) < 4.78 is 51.8. The number of carbonyl (C=O) groups is 1. The molecule has 3 heterocycles. The highest BCUT2D eigenvalue weighted by atomic mass is 28.4. The molecule has 12 nitrogen and oxygen atoms in total. The molecule has 5 rings (SSSR count). The van der Waals surface area contributed by atoms with Crippen LogP contribution in [-0.4, -0.2) is 76.6 Å². The third-order valence-corrected chi connectivity index (χ3v) is 15.8. The van der Waals surface area contributed by atoms with Gasteiger partial charge in [-0.2, -0.15) is 0 Å². The fourth-order valence-corrected chi connectivity index (χ4v) is 9.39. The summed E-state index contributed by atoms with van der Waals surface area (Å²) in [5, 5.41) is 4.06. The molecular formula is C38H55N3O9Si. The third-order valence-electron chi connectivity index (χ3n) is 11.3. The van der Waals surface area contributed by atoms with E-state index < -0.39 is 75.6 Å².